The topological polar surface area (TPSA) is 100 Å². The summed E-state index contributed by atoms with van der Waals surface area (Å²) in [5.41, 5.74) is 2.91. The molecule has 8 nitrogen and oxygen atoms in total. The molecule has 3 amide bonds. The van der Waals surface area contributed by atoms with Gasteiger partial charge in [0.2, 0.25) is 0 Å². The van der Waals surface area contributed by atoms with Gasteiger partial charge in [-0.1, -0.05) is 12.1 Å². The Kier molecular flexibility index (Phi) is 6.32. The van der Waals surface area contributed by atoms with Crippen molar-refractivity contribution >= 4 is 62.3 Å². The van der Waals surface area contributed by atoms with Gasteiger partial charge in [-0.2, -0.15) is 8.78 Å². The van der Waals surface area contributed by atoms with Gasteiger partial charge in [-0.15, -0.1) is 11.3 Å². The van der Waals surface area contributed by atoms with E-state index in [0.29, 0.717) is 22.0 Å². The fourth-order valence-electron chi connectivity index (χ4n) is 2.90. The Balaban J connectivity index is 1.52. The zero-order valence-corrected chi connectivity index (χ0v) is 19.2. The van der Waals surface area contributed by atoms with Crippen molar-refractivity contribution in [3.8, 4) is 11.3 Å². The molecule has 32 heavy (non-hydrogen) atoms. The number of carbonyl (C=O) groups excluding carboxylic acids is 2. The lowest BCUT2D eigenvalue weighted by Crippen LogP contribution is -2.35. The predicted octanol–water partition coefficient (Wildman–Crippen LogP) is 4.86. The van der Waals surface area contributed by atoms with Gasteiger partial charge in [-0.25, -0.2) is 14.8 Å². The predicted molar refractivity (Wildman–Crippen MR) is 127 cm³/mol. The summed E-state index contributed by atoms with van der Waals surface area (Å²) in [5.74, 6) is -0.290. The molecule has 0 bridgehead atoms. The van der Waals surface area contributed by atoms with Gasteiger partial charge < -0.3 is 10.6 Å². The highest BCUT2D eigenvalue weighted by Gasteiger charge is 2.24. The number of nitrogens with zero attached hydrogens (tertiary/aromatic N) is 3. The lowest BCUT2D eigenvalue weighted by atomic mass is 10.1. The van der Waals surface area contributed by atoms with Crippen LogP contribution in [0, 0.1) is 0 Å². The van der Waals surface area contributed by atoms with Gasteiger partial charge in [0.1, 0.15) is 5.65 Å². The maximum Gasteiger partial charge on any atom is 0.319 e. The number of carbonyl (C=O) groups is 2. The minimum Gasteiger partial charge on any atom is -0.331 e. The fraction of sp³-hybridized carbons (Fsp3) is 0.100. The van der Waals surface area contributed by atoms with Crippen molar-refractivity contribution < 1.29 is 18.4 Å². The van der Waals surface area contributed by atoms with Crippen molar-refractivity contribution in [1.29, 1.82) is 0 Å². The number of benzene rings is 1. The summed E-state index contributed by atoms with van der Waals surface area (Å²) in [6.07, 6.45) is 4.98. The SMILES string of the molecule is O=C(NCC(F)(F)I)Nc1cccc(-c2cnc3cc(C(=O)Nc4nccs4)ccn23)c1. The summed E-state index contributed by atoms with van der Waals surface area (Å²) in [5, 5.41) is 9.66. The molecule has 0 saturated carbocycles. The molecule has 3 aromatic heterocycles. The lowest BCUT2D eigenvalue weighted by Gasteiger charge is -2.11. The van der Waals surface area contributed by atoms with Crippen molar-refractivity contribution in [3.05, 3.63) is 65.9 Å². The number of imidazole rings is 1. The van der Waals surface area contributed by atoms with E-state index in [1.807, 2.05) is 6.07 Å². The molecule has 0 unspecified atom stereocenters. The van der Waals surface area contributed by atoms with Crippen LogP contribution < -0.4 is 16.0 Å². The van der Waals surface area contributed by atoms with Crippen LogP contribution in [0.5, 0.6) is 0 Å². The number of thiazole rings is 1. The van der Waals surface area contributed by atoms with Crippen LogP contribution in [-0.2, 0) is 0 Å². The third-order valence-electron chi connectivity index (χ3n) is 4.29. The first-order valence-corrected chi connectivity index (χ1v) is 11.1. The standard InChI is InChI=1S/C20H15F2IN6O2S/c21-20(22,23)11-26-18(31)27-14-3-1-2-12(8-14)15-10-25-16-9-13(4-6-29(15)16)17(30)28-19-24-5-7-32-19/h1-10H,11H2,(H,24,28,30)(H2,26,27,31). The van der Waals surface area contributed by atoms with Crippen LogP contribution in [-0.4, -0.2) is 36.8 Å². The van der Waals surface area contributed by atoms with E-state index in [-0.39, 0.29) is 5.91 Å². The number of halogens is 3. The van der Waals surface area contributed by atoms with E-state index in [1.165, 1.54) is 11.3 Å². The molecule has 164 valence electrons. The van der Waals surface area contributed by atoms with Crippen molar-refractivity contribution in [1.82, 2.24) is 19.7 Å². The molecule has 0 saturated heterocycles. The molecule has 4 aromatic rings. The van der Waals surface area contributed by atoms with Crippen molar-refractivity contribution in [2.24, 2.45) is 0 Å². The van der Waals surface area contributed by atoms with Gasteiger partial charge >= 0.3 is 9.96 Å². The Hall–Kier alpha value is -3.13. The van der Waals surface area contributed by atoms with Crippen LogP contribution in [0.2, 0.25) is 0 Å². The van der Waals surface area contributed by atoms with E-state index in [9.17, 15) is 18.4 Å². The molecule has 0 aliphatic rings. The molecular weight excluding hydrogens is 553 g/mol. The summed E-state index contributed by atoms with van der Waals surface area (Å²) in [7, 11) is 0. The quantitative estimate of drug-likeness (QED) is 0.229. The maximum atomic E-state index is 12.9. The minimum atomic E-state index is -3.02. The largest absolute Gasteiger partial charge is 0.331 e. The van der Waals surface area contributed by atoms with Gasteiger partial charge in [0.15, 0.2) is 5.13 Å². The maximum absolute atomic E-state index is 12.9. The molecule has 4 rings (SSSR count). The fourth-order valence-corrected chi connectivity index (χ4v) is 3.62. The molecule has 3 heterocycles. The smallest absolute Gasteiger partial charge is 0.319 e. The molecule has 0 radical (unpaired) electrons. The molecule has 0 atom stereocenters. The van der Waals surface area contributed by atoms with Crippen molar-refractivity contribution in [2.45, 2.75) is 3.93 Å². The molecule has 0 fully saturated rings. The molecule has 12 heteroatoms. The van der Waals surface area contributed by atoms with E-state index >= 15 is 0 Å². The third-order valence-corrected chi connectivity index (χ3v) is 5.36. The summed E-state index contributed by atoms with van der Waals surface area (Å²) in [6, 6.07) is 9.51. The highest BCUT2D eigenvalue weighted by atomic mass is 127. The van der Waals surface area contributed by atoms with Gasteiger partial charge in [0, 0.05) is 57.2 Å². The molecule has 3 N–H and O–H groups in total. The molecule has 0 aliphatic carbocycles. The van der Waals surface area contributed by atoms with Crippen LogP contribution in [0.25, 0.3) is 16.9 Å². The van der Waals surface area contributed by atoms with E-state index in [0.717, 1.165) is 33.8 Å². The number of nitrogens with one attached hydrogen (secondary N) is 3. The highest BCUT2D eigenvalue weighted by molar-refractivity contribution is 14.1. The number of alkyl halides is 3. The molecule has 1 aromatic carbocycles. The van der Waals surface area contributed by atoms with Crippen molar-refractivity contribution in [2.75, 3.05) is 17.2 Å². The van der Waals surface area contributed by atoms with E-state index < -0.39 is 16.5 Å². The highest BCUT2D eigenvalue weighted by Crippen LogP contribution is 2.25. The van der Waals surface area contributed by atoms with Crippen molar-refractivity contribution in [3.63, 3.8) is 0 Å². The zero-order chi connectivity index (χ0) is 22.7. The second-order valence-corrected chi connectivity index (χ2v) is 9.05. The Labute approximate surface area is 198 Å². The van der Waals surface area contributed by atoms with Gasteiger partial charge in [-0.3, -0.25) is 14.5 Å². The second-order valence-electron chi connectivity index (χ2n) is 6.58. The van der Waals surface area contributed by atoms with Gasteiger partial charge in [0.25, 0.3) is 5.91 Å². The number of hydrogen-bond acceptors (Lipinski definition) is 5. The Morgan fingerprint density at radius 3 is 2.75 bits per heavy atom. The Bertz CT molecular complexity index is 1270. The van der Waals surface area contributed by atoms with E-state index in [4.69, 9.17) is 0 Å². The first kappa shape index (κ1) is 22.1. The number of rotatable bonds is 6. The average molecular weight is 568 g/mol. The van der Waals surface area contributed by atoms with Crippen LogP contribution in [0.3, 0.4) is 0 Å². The minimum absolute atomic E-state index is 0.290. The third kappa shape index (κ3) is 5.37. The van der Waals surface area contributed by atoms with Crippen LogP contribution in [0.15, 0.2) is 60.4 Å². The summed E-state index contributed by atoms with van der Waals surface area (Å²) < 4.78 is 24.6. The first-order chi connectivity index (χ1) is 15.3. The van der Waals surface area contributed by atoms with Gasteiger partial charge in [0.05, 0.1) is 18.4 Å². The summed E-state index contributed by atoms with van der Waals surface area (Å²) in [4.78, 5) is 32.7. The number of anilines is 2. The number of fused-ring (bicyclic) bond motifs is 1. The molecular formula is C20H15F2IN6O2S. The normalized spacial score (nSPS) is 11.3. The Morgan fingerprint density at radius 1 is 1.16 bits per heavy atom. The zero-order valence-electron chi connectivity index (χ0n) is 16.2. The monoisotopic (exact) mass is 568 g/mol. The van der Waals surface area contributed by atoms with E-state index in [2.05, 4.69) is 25.9 Å². The summed E-state index contributed by atoms with van der Waals surface area (Å²) >= 11 is 2.28. The van der Waals surface area contributed by atoms with Gasteiger partial charge in [-0.05, 0) is 24.3 Å². The number of amides is 3. The summed E-state index contributed by atoms with van der Waals surface area (Å²) in [6.45, 7) is -0.773. The first-order valence-electron chi connectivity index (χ1n) is 9.18. The molecule has 0 spiro atoms. The number of hydrogen-bond donors (Lipinski definition) is 3. The Morgan fingerprint density at radius 2 is 2.00 bits per heavy atom. The lowest BCUT2D eigenvalue weighted by molar-refractivity contribution is 0.102. The number of pyridine rings is 1. The van der Waals surface area contributed by atoms with Crippen LogP contribution >= 0.6 is 33.9 Å². The van der Waals surface area contributed by atoms with Crippen LogP contribution in [0.1, 0.15) is 10.4 Å². The number of aromatic nitrogens is 3. The van der Waals surface area contributed by atoms with E-state index in [1.54, 1.807) is 58.7 Å². The number of urea groups is 1. The molecule has 0 aliphatic heterocycles. The van der Waals surface area contributed by atoms with Crippen LogP contribution in [0.4, 0.5) is 24.4 Å². The average Bonchev–Trinajstić information content (AvgIpc) is 3.41. The second kappa shape index (κ2) is 9.16.